The molecule has 18 heavy (non-hydrogen) atoms. The van der Waals surface area contributed by atoms with Crippen LogP contribution in [0.5, 0.6) is 0 Å². The Kier molecular flexibility index (Phi) is 5.31. The zero-order valence-electron chi connectivity index (χ0n) is 9.80. The summed E-state index contributed by atoms with van der Waals surface area (Å²) in [7, 11) is 0. The van der Waals surface area contributed by atoms with Crippen molar-refractivity contribution >= 4 is 29.1 Å². The number of carbonyl (C=O) groups excluding carboxylic acids is 2. The molecule has 0 radical (unpaired) electrons. The van der Waals surface area contributed by atoms with Crippen LogP contribution in [0.15, 0.2) is 17.5 Å². The van der Waals surface area contributed by atoms with Gasteiger partial charge in [-0.25, -0.2) is 0 Å². The predicted octanol–water partition coefficient (Wildman–Crippen LogP) is 0.457. The molecule has 2 amide bonds. The van der Waals surface area contributed by atoms with Crippen molar-refractivity contribution in [3.05, 3.63) is 22.4 Å². The number of nitrogens with one attached hydrogen (secondary N) is 2. The molecule has 0 aliphatic carbocycles. The molecule has 0 aromatic carbocycles. The van der Waals surface area contributed by atoms with Crippen molar-refractivity contribution in [1.29, 1.82) is 0 Å². The second-order valence-corrected chi connectivity index (χ2v) is 4.56. The number of hydrogen-bond donors (Lipinski definition) is 3. The molecule has 0 fully saturated rings. The first-order chi connectivity index (χ1) is 8.50. The molecule has 0 saturated carbocycles. The molecule has 98 valence electrons. The zero-order valence-corrected chi connectivity index (χ0v) is 10.6. The van der Waals surface area contributed by atoms with Crippen LogP contribution in [0.3, 0.4) is 0 Å². The van der Waals surface area contributed by atoms with E-state index in [2.05, 4.69) is 10.6 Å². The zero-order chi connectivity index (χ0) is 13.5. The van der Waals surface area contributed by atoms with E-state index in [1.54, 1.807) is 17.5 Å². The van der Waals surface area contributed by atoms with Gasteiger partial charge in [0.2, 0.25) is 5.91 Å². The van der Waals surface area contributed by atoms with Gasteiger partial charge in [-0.3, -0.25) is 14.4 Å². The Hall–Kier alpha value is -1.89. The number of aliphatic carboxylic acids is 1. The second kappa shape index (κ2) is 6.75. The van der Waals surface area contributed by atoms with Crippen LogP contribution in [0.4, 0.5) is 0 Å². The van der Waals surface area contributed by atoms with E-state index in [4.69, 9.17) is 5.11 Å². The van der Waals surface area contributed by atoms with E-state index in [1.165, 1.54) is 18.3 Å². The molecule has 7 heteroatoms. The molecule has 6 nitrogen and oxygen atoms in total. The van der Waals surface area contributed by atoms with Gasteiger partial charge in [0.1, 0.15) is 6.04 Å². The molecule has 1 aromatic rings. The number of carboxylic acid groups (broad SMARTS) is 1. The van der Waals surface area contributed by atoms with E-state index < -0.39 is 17.9 Å². The third-order valence-electron chi connectivity index (χ3n) is 2.13. The van der Waals surface area contributed by atoms with Crippen LogP contribution in [0, 0.1) is 0 Å². The highest BCUT2D eigenvalue weighted by atomic mass is 32.1. The number of amides is 2. The van der Waals surface area contributed by atoms with Gasteiger partial charge < -0.3 is 15.7 Å². The largest absolute Gasteiger partial charge is 0.480 e. The van der Waals surface area contributed by atoms with E-state index in [0.29, 0.717) is 4.88 Å². The summed E-state index contributed by atoms with van der Waals surface area (Å²) in [4.78, 5) is 33.9. The summed E-state index contributed by atoms with van der Waals surface area (Å²) < 4.78 is 0. The van der Waals surface area contributed by atoms with E-state index in [0.717, 1.165) is 0 Å². The summed E-state index contributed by atoms with van der Waals surface area (Å²) >= 11 is 1.31. The molecule has 0 aliphatic heterocycles. The molecule has 1 atom stereocenters. The molecule has 3 N–H and O–H groups in total. The van der Waals surface area contributed by atoms with Gasteiger partial charge >= 0.3 is 5.97 Å². The lowest BCUT2D eigenvalue weighted by molar-refractivity contribution is -0.141. The van der Waals surface area contributed by atoms with E-state index >= 15 is 0 Å². The van der Waals surface area contributed by atoms with Crippen molar-refractivity contribution in [2.75, 3.05) is 6.54 Å². The van der Waals surface area contributed by atoms with Crippen LogP contribution in [-0.2, 0) is 9.59 Å². The highest BCUT2D eigenvalue weighted by molar-refractivity contribution is 7.12. The lowest BCUT2D eigenvalue weighted by Crippen LogP contribution is -2.39. The molecule has 0 saturated heterocycles. The number of carbonyl (C=O) groups is 3. The van der Waals surface area contributed by atoms with E-state index in [-0.39, 0.29) is 18.9 Å². The first-order valence-corrected chi connectivity index (χ1v) is 6.22. The quantitative estimate of drug-likeness (QED) is 0.699. The van der Waals surface area contributed by atoms with E-state index in [9.17, 15) is 14.4 Å². The smallest absolute Gasteiger partial charge is 0.325 e. The fourth-order valence-electron chi connectivity index (χ4n) is 1.16. The number of carboxylic acids is 1. The molecular weight excluding hydrogens is 256 g/mol. The second-order valence-electron chi connectivity index (χ2n) is 3.61. The monoisotopic (exact) mass is 270 g/mol. The Morgan fingerprint density at radius 1 is 1.44 bits per heavy atom. The van der Waals surface area contributed by atoms with Crippen LogP contribution in [0.2, 0.25) is 0 Å². The highest BCUT2D eigenvalue weighted by Crippen LogP contribution is 2.07. The van der Waals surface area contributed by atoms with Crippen molar-refractivity contribution in [3.63, 3.8) is 0 Å². The third-order valence-corrected chi connectivity index (χ3v) is 3.00. The van der Waals surface area contributed by atoms with Crippen molar-refractivity contribution in [2.24, 2.45) is 0 Å². The Labute approximate surface area is 108 Å². The average Bonchev–Trinajstić information content (AvgIpc) is 2.81. The first kappa shape index (κ1) is 14.2. The minimum absolute atomic E-state index is 0.0503. The maximum Gasteiger partial charge on any atom is 0.325 e. The van der Waals surface area contributed by atoms with Gasteiger partial charge in [-0.2, -0.15) is 0 Å². The third kappa shape index (κ3) is 4.54. The summed E-state index contributed by atoms with van der Waals surface area (Å²) in [5.41, 5.74) is 0. The van der Waals surface area contributed by atoms with Gasteiger partial charge in [0.05, 0.1) is 4.88 Å². The van der Waals surface area contributed by atoms with Crippen LogP contribution in [0.1, 0.15) is 23.0 Å². The SMILES string of the molecule is C[C@H](NC(=O)CCNC(=O)c1cccs1)C(=O)O. The molecule has 0 aliphatic rings. The van der Waals surface area contributed by atoms with E-state index in [1.807, 2.05) is 0 Å². The Balaban J connectivity index is 2.24. The first-order valence-electron chi connectivity index (χ1n) is 5.34. The van der Waals surface area contributed by atoms with Crippen molar-refractivity contribution in [1.82, 2.24) is 10.6 Å². The summed E-state index contributed by atoms with van der Waals surface area (Å²) in [6.07, 6.45) is 0.0503. The van der Waals surface area contributed by atoms with Crippen LogP contribution >= 0.6 is 11.3 Å². The fraction of sp³-hybridized carbons (Fsp3) is 0.364. The summed E-state index contributed by atoms with van der Waals surface area (Å²) in [5.74, 6) is -1.73. The molecule has 0 unspecified atom stereocenters. The van der Waals surface area contributed by atoms with Crippen molar-refractivity contribution < 1.29 is 19.5 Å². The maximum atomic E-state index is 11.5. The Bertz CT molecular complexity index is 430. The predicted molar refractivity (Wildman–Crippen MR) is 66.5 cm³/mol. The number of thiophene rings is 1. The Morgan fingerprint density at radius 2 is 2.17 bits per heavy atom. The molecule has 0 spiro atoms. The van der Waals surface area contributed by atoms with Gasteiger partial charge in [0, 0.05) is 13.0 Å². The summed E-state index contributed by atoms with van der Waals surface area (Å²) in [5, 5.41) is 15.3. The standard InChI is InChI=1S/C11H14N2O4S/c1-7(11(16)17)13-9(14)4-5-12-10(15)8-3-2-6-18-8/h2-3,6-7H,4-5H2,1H3,(H,12,15)(H,13,14)(H,16,17)/t7-/m0/s1. The minimum Gasteiger partial charge on any atom is -0.480 e. The normalized spacial score (nSPS) is 11.6. The molecule has 1 aromatic heterocycles. The van der Waals surface area contributed by atoms with Gasteiger partial charge in [0.25, 0.3) is 5.91 Å². The highest BCUT2D eigenvalue weighted by Gasteiger charge is 2.13. The van der Waals surface area contributed by atoms with Crippen molar-refractivity contribution in [3.8, 4) is 0 Å². The minimum atomic E-state index is -1.09. The topological polar surface area (TPSA) is 95.5 Å². The summed E-state index contributed by atoms with van der Waals surface area (Å²) in [6.45, 7) is 1.55. The lowest BCUT2D eigenvalue weighted by Gasteiger charge is -2.09. The van der Waals surface area contributed by atoms with Gasteiger partial charge in [0.15, 0.2) is 0 Å². The molecular formula is C11H14N2O4S. The van der Waals surface area contributed by atoms with Gasteiger partial charge in [-0.1, -0.05) is 6.07 Å². The van der Waals surface area contributed by atoms with Gasteiger partial charge in [-0.15, -0.1) is 11.3 Å². The number of hydrogen-bond acceptors (Lipinski definition) is 4. The average molecular weight is 270 g/mol. The lowest BCUT2D eigenvalue weighted by atomic mass is 10.3. The van der Waals surface area contributed by atoms with Crippen LogP contribution < -0.4 is 10.6 Å². The fourth-order valence-corrected chi connectivity index (χ4v) is 1.80. The number of rotatable bonds is 6. The summed E-state index contributed by atoms with van der Waals surface area (Å²) in [6, 6.07) is 2.53. The van der Waals surface area contributed by atoms with Crippen molar-refractivity contribution in [2.45, 2.75) is 19.4 Å². The molecule has 1 heterocycles. The van der Waals surface area contributed by atoms with Gasteiger partial charge in [-0.05, 0) is 18.4 Å². The maximum absolute atomic E-state index is 11.5. The molecule has 0 bridgehead atoms. The van der Waals surface area contributed by atoms with Crippen LogP contribution in [-0.4, -0.2) is 35.5 Å². The van der Waals surface area contributed by atoms with Crippen LogP contribution in [0.25, 0.3) is 0 Å². The molecule has 1 rings (SSSR count). The Morgan fingerprint density at radius 3 is 2.72 bits per heavy atom.